The van der Waals surface area contributed by atoms with Crippen molar-refractivity contribution in [3.63, 3.8) is 0 Å². The normalized spacial score (nSPS) is 19.0. The summed E-state index contributed by atoms with van der Waals surface area (Å²) in [4.78, 5) is 3.36. The molecular weight excluding hydrogens is 326 g/mol. The van der Waals surface area contributed by atoms with E-state index in [-0.39, 0.29) is 19.2 Å². The molecular formula is C15H14F2N2O3S. The van der Waals surface area contributed by atoms with Crippen LogP contribution in [0.15, 0.2) is 47.5 Å². The van der Waals surface area contributed by atoms with Crippen molar-refractivity contribution in [1.82, 2.24) is 9.29 Å². The van der Waals surface area contributed by atoms with Crippen LogP contribution in [0.25, 0.3) is 0 Å². The van der Waals surface area contributed by atoms with Gasteiger partial charge in [-0.15, -0.1) is 0 Å². The van der Waals surface area contributed by atoms with Crippen LogP contribution < -0.4 is 4.74 Å². The highest BCUT2D eigenvalue weighted by Crippen LogP contribution is 2.25. The van der Waals surface area contributed by atoms with Crippen LogP contribution in [-0.2, 0) is 10.0 Å². The van der Waals surface area contributed by atoms with Crippen molar-refractivity contribution >= 4 is 10.0 Å². The third-order valence-corrected chi connectivity index (χ3v) is 5.42. The van der Waals surface area contributed by atoms with Gasteiger partial charge < -0.3 is 4.74 Å². The van der Waals surface area contributed by atoms with Gasteiger partial charge in [-0.1, -0.05) is 6.07 Å². The number of sulfonamides is 1. The second-order valence-corrected chi connectivity index (χ2v) is 7.04. The van der Waals surface area contributed by atoms with E-state index in [1.807, 2.05) is 0 Å². The molecule has 0 spiro atoms. The zero-order valence-electron chi connectivity index (χ0n) is 12.0. The molecule has 0 saturated carbocycles. The first kappa shape index (κ1) is 15.8. The van der Waals surface area contributed by atoms with E-state index in [9.17, 15) is 17.2 Å². The summed E-state index contributed by atoms with van der Waals surface area (Å²) in [5, 5.41) is 0. The summed E-state index contributed by atoms with van der Waals surface area (Å²) in [6.07, 6.45) is 1.64. The van der Waals surface area contributed by atoms with E-state index < -0.39 is 26.6 Å². The van der Waals surface area contributed by atoms with Gasteiger partial charge in [0, 0.05) is 18.8 Å². The van der Waals surface area contributed by atoms with Gasteiger partial charge in [-0.25, -0.2) is 22.2 Å². The van der Waals surface area contributed by atoms with Gasteiger partial charge in [0.2, 0.25) is 15.9 Å². The number of rotatable bonds is 4. The maximum atomic E-state index is 13.7. The predicted molar refractivity (Wildman–Crippen MR) is 78.4 cm³/mol. The minimum absolute atomic E-state index is 0.0643. The van der Waals surface area contributed by atoms with Crippen molar-refractivity contribution in [1.29, 1.82) is 0 Å². The summed E-state index contributed by atoms with van der Waals surface area (Å²) in [5.74, 6) is -1.38. The van der Waals surface area contributed by atoms with Gasteiger partial charge in [-0.3, -0.25) is 0 Å². The van der Waals surface area contributed by atoms with Gasteiger partial charge in [0.05, 0.1) is 6.54 Å². The fourth-order valence-corrected chi connectivity index (χ4v) is 3.98. The summed E-state index contributed by atoms with van der Waals surface area (Å²) in [5.41, 5.74) is 0. The number of aromatic nitrogens is 1. The van der Waals surface area contributed by atoms with E-state index in [1.54, 1.807) is 24.4 Å². The lowest BCUT2D eigenvalue weighted by molar-refractivity contribution is 0.207. The molecule has 2 heterocycles. The number of hydrogen-bond donors (Lipinski definition) is 0. The van der Waals surface area contributed by atoms with Crippen LogP contribution in [0.1, 0.15) is 6.42 Å². The van der Waals surface area contributed by atoms with Crippen LogP contribution in [0.4, 0.5) is 8.78 Å². The maximum Gasteiger partial charge on any atom is 0.246 e. The molecule has 1 aromatic heterocycles. The molecule has 1 aliphatic rings. The van der Waals surface area contributed by atoms with Crippen LogP contribution in [-0.4, -0.2) is 36.9 Å². The van der Waals surface area contributed by atoms with Gasteiger partial charge in [0.15, 0.2) is 0 Å². The molecule has 1 aromatic carbocycles. The largest absolute Gasteiger partial charge is 0.473 e. The molecule has 0 N–H and O–H groups in total. The van der Waals surface area contributed by atoms with Crippen molar-refractivity contribution in [2.24, 2.45) is 0 Å². The van der Waals surface area contributed by atoms with Gasteiger partial charge >= 0.3 is 0 Å². The maximum absolute atomic E-state index is 13.7. The van der Waals surface area contributed by atoms with E-state index in [1.165, 1.54) is 0 Å². The molecule has 3 rings (SSSR count). The Morgan fingerprint density at radius 1 is 1.22 bits per heavy atom. The van der Waals surface area contributed by atoms with Crippen molar-refractivity contribution in [2.45, 2.75) is 17.4 Å². The van der Waals surface area contributed by atoms with Crippen molar-refractivity contribution in [3.05, 3.63) is 54.2 Å². The van der Waals surface area contributed by atoms with E-state index in [0.29, 0.717) is 18.4 Å². The first-order valence-electron chi connectivity index (χ1n) is 7.00. The monoisotopic (exact) mass is 340 g/mol. The van der Waals surface area contributed by atoms with Crippen LogP contribution in [0.5, 0.6) is 5.88 Å². The summed E-state index contributed by atoms with van der Waals surface area (Å²) >= 11 is 0. The highest BCUT2D eigenvalue weighted by Gasteiger charge is 2.35. The Balaban J connectivity index is 1.76. The van der Waals surface area contributed by atoms with Gasteiger partial charge in [-0.05, 0) is 30.7 Å². The summed E-state index contributed by atoms with van der Waals surface area (Å²) in [6, 6.07) is 7.55. The fourth-order valence-electron chi connectivity index (χ4n) is 2.41. The van der Waals surface area contributed by atoms with Crippen molar-refractivity contribution < 1.29 is 21.9 Å². The van der Waals surface area contributed by atoms with Crippen LogP contribution in [0.2, 0.25) is 0 Å². The molecule has 2 aromatic rings. The molecule has 0 amide bonds. The molecule has 0 bridgehead atoms. The third kappa shape index (κ3) is 3.32. The SMILES string of the molecule is O=S(=O)(c1cc(F)ccc1F)N1CCC(Oc2ccccn2)C1. The second-order valence-electron chi connectivity index (χ2n) is 5.13. The number of benzene rings is 1. The molecule has 0 aliphatic carbocycles. The van der Waals surface area contributed by atoms with Crippen LogP contribution in [0.3, 0.4) is 0 Å². The average Bonchev–Trinajstić information content (AvgIpc) is 3.00. The molecule has 1 fully saturated rings. The van der Waals surface area contributed by atoms with Crippen molar-refractivity contribution in [2.75, 3.05) is 13.1 Å². The Labute approximate surface area is 132 Å². The molecule has 122 valence electrons. The Morgan fingerprint density at radius 3 is 2.78 bits per heavy atom. The van der Waals surface area contributed by atoms with Crippen LogP contribution in [0, 0.1) is 11.6 Å². The predicted octanol–water partition coefficient (Wildman–Crippen LogP) is 2.20. The zero-order chi connectivity index (χ0) is 16.4. The number of halogens is 2. The van der Waals surface area contributed by atoms with E-state index in [4.69, 9.17) is 4.74 Å². The van der Waals surface area contributed by atoms with Gasteiger partial charge in [0.25, 0.3) is 0 Å². The van der Waals surface area contributed by atoms with Gasteiger partial charge in [0.1, 0.15) is 22.6 Å². The number of hydrogen-bond acceptors (Lipinski definition) is 4. The zero-order valence-corrected chi connectivity index (χ0v) is 12.8. The van der Waals surface area contributed by atoms with E-state index in [2.05, 4.69) is 4.98 Å². The Bertz CT molecular complexity index is 800. The molecule has 1 atom stereocenters. The van der Waals surface area contributed by atoms with Crippen LogP contribution >= 0.6 is 0 Å². The number of pyridine rings is 1. The third-order valence-electron chi connectivity index (χ3n) is 3.54. The smallest absolute Gasteiger partial charge is 0.246 e. The molecule has 0 radical (unpaired) electrons. The molecule has 1 saturated heterocycles. The Morgan fingerprint density at radius 2 is 2.04 bits per heavy atom. The second kappa shape index (κ2) is 6.21. The topological polar surface area (TPSA) is 59.5 Å². The molecule has 1 unspecified atom stereocenters. The van der Waals surface area contributed by atoms with Gasteiger partial charge in [-0.2, -0.15) is 4.31 Å². The summed E-state index contributed by atoms with van der Waals surface area (Å²) in [6.45, 7) is 0.241. The standard InChI is InChI=1S/C15H14F2N2O3S/c16-11-4-5-13(17)14(9-11)23(20,21)19-8-6-12(10-19)22-15-3-1-2-7-18-15/h1-5,7,9,12H,6,8,10H2. The average molecular weight is 340 g/mol. The first-order chi connectivity index (χ1) is 11.0. The number of nitrogens with zero attached hydrogens (tertiary/aromatic N) is 2. The van der Waals surface area contributed by atoms with E-state index in [0.717, 1.165) is 16.4 Å². The lowest BCUT2D eigenvalue weighted by Crippen LogP contribution is -2.31. The lowest BCUT2D eigenvalue weighted by atomic mass is 10.3. The Kier molecular flexibility index (Phi) is 4.27. The molecule has 8 heteroatoms. The summed E-state index contributed by atoms with van der Waals surface area (Å²) in [7, 11) is -4.10. The summed E-state index contributed by atoms with van der Waals surface area (Å²) < 4.78 is 58.6. The molecule has 5 nitrogen and oxygen atoms in total. The van der Waals surface area contributed by atoms with Crippen molar-refractivity contribution in [3.8, 4) is 5.88 Å². The highest BCUT2D eigenvalue weighted by molar-refractivity contribution is 7.89. The fraction of sp³-hybridized carbons (Fsp3) is 0.267. The molecule has 1 aliphatic heterocycles. The first-order valence-corrected chi connectivity index (χ1v) is 8.44. The highest BCUT2D eigenvalue weighted by atomic mass is 32.2. The minimum Gasteiger partial charge on any atom is -0.473 e. The number of ether oxygens (including phenoxy) is 1. The lowest BCUT2D eigenvalue weighted by Gasteiger charge is -2.17. The quantitative estimate of drug-likeness (QED) is 0.856. The Hall–Kier alpha value is -2.06. The minimum atomic E-state index is -4.10. The van der Waals surface area contributed by atoms with E-state index >= 15 is 0 Å². The molecule has 23 heavy (non-hydrogen) atoms.